The van der Waals surface area contributed by atoms with Gasteiger partial charge in [0.15, 0.2) is 0 Å². The summed E-state index contributed by atoms with van der Waals surface area (Å²) in [7, 11) is 0. The van der Waals surface area contributed by atoms with Crippen LogP contribution in [0.4, 0.5) is 4.79 Å². The van der Waals surface area contributed by atoms with E-state index in [0.29, 0.717) is 26.1 Å². The number of imidazole rings is 1. The van der Waals surface area contributed by atoms with Crippen LogP contribution in [0.25, 0.3) is 11.0 Å². The maximum Gasteiger partial charge on any atom is 0.345 e. The highest BCUT2D eigenvalue weighted by Crippen LogP contribution is 2.14. The van der Waals surface area contributed by atoms with Crippen LogP contribution in [0.3, 0.4) is 0 Å². The predicted molar refractivity (Wildman–Crippen MR) is 130 cm³/mol. The summed E-state index contributed by atoms with van der Waals surface area (Å²) in [6.07, 6.45) is 5.50. The number of nitrogens with one attached hydrogen (secondary N) is 2. The molecule has 4 aromatic rings. The average Bonchev–Trinajstić information content (AvgIpc) is 3.42. The zero-order valence-electron chi connectivity index (χ0n) is 19.1. The van der Waals surface area contributed by atoms with Crippen LogP contribution in [0.1, 0.15) is 36.2 Å². The smallest absolute Gasteiger partial charge is 0.338 e. The Morgan fingerprint density at radius 1 is 1.00 bits per heavy atom. The summed E-state index contributed by atoms with van der Waals surface area (Å²) in [6.45, 7) is 2.95. The topological polar surface area (TPSA) is 98.8 Å². The first-order valence-corrected chi connectivity index (χ1v) is 11.8. The van der Waals surface area contributed by atoms with E-state index in [1.807, 2.05) is 36.7 Å². The molecule has 2 amide bonds. The lowest BCUT2D eigenvalue weighted by Gasteiger charge is -2.09. The molecule has 0 saturated heterocycles. The second kappa shape index (κ2) is 9.94. The van der Waals surface area contributed by atoms with E-state index in [0.717, 1.165) is 54.8 Å². The van der Waals surface area contributed by atoms with Gasteiger partial charge in [-0.15, -0.1) is 0 Å². The van der Waals surface area contributed by atoms with Gasteiger partial charge in [-0.3, -0.25) is 4.57 Å². The normalized spacial score (nSPS) is 13.1. The van der Waals surface area contributed by atoms with Crippen LogP contribution in [-0.2, 0) is 32.6 Å². The molecule has 34 heavy (non-hydrogen) atoms. The first kappa shape index (κ1) is 21.9. The van der Waals surface area contributed by atoms with Gasteiger partial charge in [-0.05, 0) is 42.5 Å². The molecule has 0 atom stereocenters. The fourth-order valence-electron chi connectivity index (χ4n) is 4.37. The van der Waals surface area contributed by atoms with Crippen LogP contribution < -0.4 is 16.3 Å². The standard InChI is InChI=1S/C25H29N7O2/c33-24(26-13-5-15-32-25(34)31-14-4-3-8-23(31)29-32)27-16-19-9-11-20(12-10-19)17-30-18-28-21-6-1-2-7-22(21)30/h1-2,6-7,9-12,18H,3-5,8,13-17H2,(H2,26,27,33). The molecule has 5 rings (SSSR count). The van der Waals surface area contributed by atoms with E-state index in [4.69, 9.17) is 0 Å². The fraction of sp³-hybridized carbons (Fsp3) is 0.360. The van der Waals surface area contributed by atoms with Crippen LogP contribution in [0.15, 0.2) is 59.7 Å². The summed E-state index contributed by atoms with van der Waals surface area (Å²) in [6, 6.07) is 16.1. The van der Waals surface area contributed by atoms with Gasteiger partial charge in [0.2, 0.25) is 0 Å². The molecule has 0 radical (unpaired) electrons. The Morgan fingerprint density at radius 2 is 1.82 bits per heavy atom. The molecule has 0 aliphatic carbocycles. The Balaban J connectivity index is 1.05. The minimum atomic E-state index is -0.217. The van der Waals surface area contributed by atoms with Crippen molar-refractivity contribution in [2.24, 2.45) is 0 Å². The van der Waals surface area contributed by atoms with Crippen molar-refractivity contribution in [3.05, 3.63) is 82.3 Å². The van der Waals surface area contributed by atoms with E-state index in [1.165, 1.54) is 10.2 Å². The first-order valence-electron chi connectivity index (χ1n) is 11.8. The van der Waals surface area contributed by atoms with Gasteiger partial charge in [-0.2, -0.15) is 5.10 Å². The number of carbonyl (C=O) groups excluding carboxylic acids is 1. The number of urea groups is 1. The molecule has 0 spiro atoms. The van der Waals surface area contributed by atoms with Gasteiger partial charge in [0.05, 0.1) is 17.4 Å². The molecule has 0 bridgehead atoms. The number of fused-ring (bicyclic) bond motifs is 2. The lowest BCUT2D eigenvalue weighted by molar-refractivity contribution is 0.240. The molecule has 0 fully saturated rings. The monoisotopic (exact) mass is 459 g/mol. The van der Waals surface area contributed by atoms with E-state index >= 15 is 0 Å². The number of aryl methyl sites for hydroxylation is 2. The first-order chi connectivity index (χ1) is 16.7. The van der Waals surface area contributed by atoms with Gasteiger partial charge in [0, 0.05) is 39.1 Å². The Kier molecular flexibility index (Phi) is 6.42. The number of carbonyl (C=O) groups is 1. The van der Waals surface area contributed by atoms with Crippen LogP contribution in [0.5, 0.6) is 0 Å². The van der Waals surface area contributed by atoms with Crippen molar-refractivity contribution in [1.82, 2.24) is 34.5 Å². The number of para-hydroxylation sites is 2. The van der Waals surface area contributed by atoms with Gasteiger partial charge in [0.1, 0.15) is 5.82 Å². The molecule has 2 N–H and O–H groups in total. The number of aromatic nitrogens is 5. The summed E-state index contributed by atoms with van der Waals surface area (Å²) >= 11 is 0. The zero-order chi connectivity index (χ0) is 23.3. The van der Waals surface area contributed by atoms with Crippen molar-refractivity contribution in [3.8, 4) is 0 Å². The van der Waals surface area contributed by atoms with E-state index in [9.17, 15) is 9.59 Å². The number of hydrogen-bond acceptors (Lipinski definition) is 4. The fourth-order valence-corrected chi connectivity index (χ4v) is 4.37. The third kappa shape index (κ3) is 4.88. The Morgan fingerprint density at radius 3 is 2.68 bits per heavy atom. The van der Waals surface area contributed by atoms with Crippen molar-refractivity contribution in [2.45, 2.75) is 51.9 Å². The van der Waals surface area contributed by atoms with E-state index in [-0.39, 0.29) is 11.7 Å². The third-order valence-corrected chi connectivity index (χ3v) is 6.22. The van der Waals surface area contributed by atoms with Crippen molar-refractivity contribution < 1.29 is 4.79 Å². The molecule has 9 nitrogen and oxygen atoms in total. The maximum absolute atomic E-state index is 12.3. The number of rotatable bonds is 8. The van der Waals surface area contributed by atoms with Gasteiger partial charge >= 0.3 is 11.7 Å². The molecule has 1 aliphatic heterocycles. The molecular formula is C25H29N7O2. The third-order valence-electron chi connectivity index (χ3n) is 6.22. The molecule has 1 aliphatic rings. The largest absolute Gasteiger partial charge is 0.345 e. The SMILES string of the molecule is O=C(NCCCn1nc2n(c1=O)CCCC2)NCc1ccc(Cn2cnc3ccccc32)cc1. The van der Waals surface area contributed by atoms with Crippen molar-refractivity contribution >= 4 is 17.1 Å². The minimum absolute atomic E-state index is 0.0381. The van der Waals surface area contributed by atoms with Gasteiger partial charge in [-0.1, -0.05) is 36.4 Å². The van der Waals surface area contributed by atoms with Gasteiger partial charge < -0.3 is 15.2 Å². The van der Waals surface area contributed by atoms with E-state index in [2.05, 4.69) is 43.5 Å². The van der Waals surface area contributed by atoms with Crippen molar-refractivity contribution in [2.75, 3.05) is 6.54 Å². The Labute approximate surface area is 197 Å². The summed E-state index contributed by atoms with van der Waals surface area (Å²) in [5.41, 5.74) is 4.27. The molecule has 2 aromatic carbocycles. The Hall–Kier alpha value is -3.88. The average molecular weight is 460 g/mol. The Bertz CT molecular complexity index is 1330. The van der Waals surface area contributed by atoms with Crippen LogP contribution in [-0.4, -0.2) is 36.5 Å². The van der Waals surface area contributed by atoms with E-state index < -0.39 is 0 Å². The summed E-state index contributed by atoms with van der Waals surface area (Å²) in [4.78, 5) is 28.9. The van der Waals surface area contributed by atoms with Crippen LogP contribution in [0.2, 0.25) is 0 Å². The minimum Gasteiger partial charge on any atom is -0.338 e. The molecule has 2 aromatic heterocycles. The van der Waals surface area contributed by atoms with E-state index in [1.54, 1.807) is 4.57 Å². The zero-order valence-corrected chi connectivity index (χ0v) is 19.1. The summed E-state index contributed by atoms with van der Waals surface area (Å²) in [5.74, 6) is 0.881. The van der Waals surface area contributed by atoms with Gasteiger partial charge in [-0.25, -0.2) is 19.3 Å². The predicted octanol–water partition coefficient (Wildman–Crippen LogP) is 2.67. The second-order valence-corrected chi connectivity index (χ2v) is 8.67. The number of benzene rings is 2. The number of hydrogen-bond donors (Lipinski definition) is 2. The van der Waals surface area contributed by atoms with Gasteiger partial charge in [0.25, 0.3) is 0 Å². The lowest BCUT2D eigenvalue weighted by Crippen LogP contribution is -2.36. The summed E-state index contributed by atoms with van der Waals surface area (Å²) in [5, 5.41) is 10.2. The molecule has 0 unspecified atom stereocenters. The van der Waals surface area contributed by atoms with Crippen molar-refractivity contribution in [1.29, 1.82) is 0 Å². The number of nitrogens with zero attached hydrogens (tertiary/aromatic N) is 5. The molecule has 3 heterocycles. The van der Waals surface area contributed by atoms with Crippen LogP contribution >= 0.6 is 0 Å². The highest BCUT2D eigenvalue weighted by Gasteiger charge is 2.16. The van der Waals surface area contributed by atoms with Crippen LogP contribution in [0, 0.1) is 0 Å². The highest BCUT2D eigenvalue weighted by atomic mass is 16.2. The van der Waals surface area contributed by atoms with Crippen molar-refractivity contribution in [3.63, 3.8) is 0 Å². The molecule has 9 heteroatoms. The molecule has 0 saturated carbocycles. The maximum atomic E-state index is 12.3. The molecular weight excluding hydrogens is 430 g/mol. The quantitative estimate of drug-likeness (QED) is 0.396. The summed E-state index contributed by atoms with van der Waals surface area (Å²) < 4.78 is 5.42. The number of amides is 2. The molecule has 176 valence electrons. The lowest BCUT2D eigenvalue weighted by atomic mass is 10.1. The second-order valence-electron chi connectivity index (χ2n) is 8.67. The highest BCUT2D eigenvalue weighted by molar-refractivity contribution is 5.75.